The molecule has 2 heterocycles. The zero-order valence-corrected chi connectivity index (χ0v) is 30.4. The Morgan fingerprint density at radius 1 is 0.585 bits per heavy atom. The average Bonchev–Trinajstić information content (AvgIpc) is 3.03. The van der Waals surface area contributed by atoms with Crippen LogP contribution in [0.5, 0.6) is 0 Å². The predicted molar refractivity (Wildman–Crippen MR) is 172 cm³/mol. The number of ether oxygens (including phenoxy) is 10. The summed E-state index contributed by atoms with van der Waals surface area (Å²) in [6.07, 6.45) is -14.2. The SMILES string of the molecule is CC(=O)OC[C@H]1O[C@@H](Sc2ccc([N+](=O)[O-])cc2)[C@H](OC(C)=O)[C@@H](OC(C)=O)[C@@H]1O[C@H]1O[C@H](COC(C)=O)[C@@H](OC(C)=O)[C@H](OC(C)=O)[C@H]1OC(C)=O. The average molecular weight is 774 g/mol. The Bertz CT molecular complexity index is 1530. The highest BCUT2D eigenvalue weighted by molar-refractivity contribution is 7.99. The molecule has 53 heavy (non-hydrogen) atoms. The van der Waals surface area contributed by atoms with Crippen molar-refractivity contribution in [2.24, 2.45) is 0 Å². The van der Waals surface area contributed by atoms with Gasteiger partial charge < -0.3 is 47.4 Å². The molecule has 0 unspecified atom stereocenters. The van der Waals surface area contributed by atoms with Crippen LogP contribution in [0.25, 0.3) is 0 Å². The molecule has 0 radical (unpaired) electrons. The number of nitro groups is 1. The van der Waals surface area contributed by atoms with Crippen molar-refractivity contribution in [3.05, 3.63) is 34.4 Å². The van der Waals surface area contributed by atoms with Gasteiger partial charge in [0.2, 0.25) is 0 Å². The highest BCUT2D eigenvalue weighted by atomic mass is 32.2. The molecule has 0 aromatic heterocycles. The maximum atomic E-state index is 12.6. The van der Waals surface area contributed by atoms with Gasteiger partial charge in [0, 0.05) is 65.5 Å². The molecule has 3 rings (SSSR count). The second-order valence-corrected chi connectivity index (χ2v) is 12.7. The topological polar surface area (TPSA) is 255 Å². The van der Waals surface area contributed by atoms with Crippen LogP contribution in [0.2, 0.25) is 0 Å². The van der Waals surface area contributed by atoms with Gasteiger partial charge in [-0.05, 0) is 12.1 Å². The maximum Gasteiger partial charge on any atom is 0.303 e. The molecule has 0 bridgehead atoms. The van der Waals surface area contributed by atoms with E-state index in [9.17, 15) is 43.7 Å². The molecule has 292 valence electrons. The Labute approximate surface area is 306 Å². The fraction of sp³-hybridized carbons (Fsp3) is 0.594. The highest BCUT2D eigenvalue weighted by Crippen LogP contribution is 2.40. The molecule has 1 aromatic rings. The Morgan fingerprint density at radius 3 is 1.45 bits per heavy atom. The van der Waals surface area contributed by atoms with E-state index in [1.54, 1.807) is 0 Å². The smallest absolute Gasteiger partial charge is 0.303 e. The largest absolute Gasteiger partial charge is 0.463 e. The normalized spacial score (nSPS) is 28.0. The molecule has 2 aliphatic rings. The van der Waals surface area contributed by atoms with Crippen molar-refractivity contribution in [2.75, 3.05) is 13.2 Å². The molecule has 2 fully saturated rings. The standard InChI is InChI=1S/C32H39NO19S/c1-14(34)43-12-23-25(45-16(3)36)27(46-17(4)37)29(48-19(6)39)31(50-23)52-26-24(13-44-15(2)35)51-32(30(49-20(7)40)28(26)47-18(5)38)53-22-10-8-21(9-11-22)33(41)42/h8-11,23-32H,12-13H2,1-7H3/t23-,24-,25-,26-,27+,28+,29-,30-,31-,32+/m1/s1. The minimum absolute atomic E-state index is 0.209. The third-order valence-corrected chi connectivity index (χ3v) is 8.34. The minimum Gasteiger partial charge on any atom is -0.463 e. The summed E-state index contributed by atoms with van der Waals surface area (Å²) in [6.45, 7) is 6.23. The number of nitro benzene ring substituents is 1. The third kappa shape index (κ3) is 12.6. The number of esters is 7. The molecule has 1 aromatic carbocycles. The van der Waals surface area contributed by atoms with Gasteiger partial charge >= 0.3 is 41.8 Å². The number of hydrogen-bond acceptors (Lipinski definition) is 20. The first kappa shape index (κ1) is 42.6. The summed E-state index contributed by atoms with van der Waals surface area (Å²) in [5.41, 5.74) is -1.44. The number of non-ortho nitro benzene ring substituents is 1. The first-order valence-electron chi connectivity index (χ1n) is 15.9. The van der Waals surface area contributed by atoms with Crippen LogP contribution in [0.3, 0.4) is 0 Å². The van der Waals surface area contributed by atoms with Crippen LogP contribution in [-0.2, 0) is 80.9 Å². The lowest BCUT2D eigenvalue weighted by molar-refractivity contribution is -0.384. The Balaban J connectivity index is 2.16. The van der Waals surface area contributed by atoms with Crippen molar-refractivity contribution in [3.63, 3.8) is 0 Å². The van der Waals surface area contributed by atoms with Gasteiger partial charge in [0.1, 0.15) is 37.0 Å². The van der Waals surface area contributed by atoms with Crippen LogP contribution < -0.4 is 0 Å². The van der Waals surface area contributed by atoms with Gasteiger partial charge in [0.15, 0.2) is 36.8 Å². The second kappa shape index (κ2) is 19.3. The van der Waals surface area contributed by atoms with Crippen LogP contribution in [0.15, 0.2) is 29.2 Å². The summed E-state index contributed by atoms with van der Waals surface area (Å²) in [5.74, 6) is -5.99. The van der Waals surface area contributed by atoms with Crippen molar-refractivity contribution in [1.29, 1.82) is 0 Å². The lowest BCUT2D eigenvalue weighted by Gasteiger charge is -2.48. The van der Waals surface area contributed by atoms with Crippen molar-refractivity contribution in [3.8, 4) is 0 Å². The Kier molecular flexibility index (Phi) is 15.5. The predicted octanol–water partition coefficient (Wildman–Crippen LogP) is 1.31. The van der Waals surface area contributed by atoms with E-state index < -0.39 is 120 Å². The fourth-order valence-corrected chi connectivity index (χ4v) is 6.45. The number of rotatable bonds is 14. The first-order valence-corrected chi connectivity index (χ1v) is 16.7. The number of benzene rings is 1. The molecule has 0 N–H and O–H groups in total. The van der Waals surface area contributed by atoms with Crippen molar-refractivity contribution in [2.45, 2.75) is 114 Å². The van der Waals surface area contributed by atoms with E-state index in [-0.39, 0.29) is 5.69 Å². The lowest BCUT2D eigenvalue weighted by atomic mass is 9.96. The zero-order valence-electron chi connectivity index (χ0n) is 29.6. The lowest BCUT2D eigenvalue weighted by Crippen LogP contribution is -2.66. The second-order valence-electron chi connectivity index (χ2n) is 11.5. The number of hydrogen-bond donors (Lipinski definition) is 0. The van der Waals surface area contributed by atoms with E-state index in [1.807, 2.05) is 0 Å². The first-order chi connectivity index (χ1) is 24.9. The molecule has 0 aliphatic carbocycles. The van der Waals surface area contributed by atoms with Gasteiger partial charge in [-0.25, -0.2) is 0 Å². The molecule has 0 saturated carbocycles. The maximum absolute atomic E-state index is 12.6. The van der Waals surface area contributed by atoms with Gasteiger partial charge in [0.25, 0.3) is 5.69 Å². The van der Waals surface area contributed by atoms with Crippen LogP contribution in [-0.4, -0.2) is 120 Å². The fourth-order valence-electron chi connectivity index (χ4n) is 5.35. The number of nitrogens with zero attached hydrogens (tertiary/aromatic N) is 1. The van der Waals surface area contributed by atoms with Crippen molar-refractivity contribution in [1.82, 2.24) is 0 Å². The van der Waals surface area contributed by atoms with Gasteiger partial charge in [0.05, 0.1) is 4.92 Å². The molecule has 21 heteroatoms. The minimum atomic E-state index is -1.82. The summed E-state index contributed by atoms with van der Waals surface area (Å²) in [6, 6.07) is 5.25. The monoisotopic (exact) mass is 773 g/mol. The van der Waals surface area contributed by atoms with E-state index in [4.69, 9.17) is 47.4 Å². The molecule has 10 atom stereocenters. The van der Waals surface area contributed by atoms with Crippen molar-refractivity contribution >= 4 is 59.2 Å². The molecule has 0 spiro atoms. The van der Waals surface area contributed by atoms with Gasteiger partial charge in [-0.3, -0.25) is 43.7 Å². The van der Waals surface area contributed by atoms with Crippen LogP contribution in [0.1, 0.15) is 48.5 Å². The zero-order chi connectivity index (χ0) is 39.6. The quantitative estimate of drug-likeness (QED) is 0.112. The van der Waals surface area contributed by atoms with Crippen LogP contribution in [0.4, 0.5) is 5.69 Å². The summed E-state index contributed by atoms with van der Waals surface area (Å²) < 4.78 is 56.5. The van der Waals surface area contributed by atoms with E-state index >= 15 is 0 Å². The van der Waals surface area contributed by atoms with E-state index in [0.717, 1.165) is 60.2 Å². The summed E-state index contributed by atoms with van der Waals surface area (Å²) in [5, 5.41) is 11.2. The van der Waals surface area contributed by atoms with E-state index in [2.05, 4.69) is 0 Å². The van der Waals surface area contributed by atoms with Crippen molar-refractivity contribution < 1.29 is 85.9 Å². The summed E-state index contributed by atoms with van der Waals surface area (Å²) in [4.78, 5) is 96.7. The third-order valence-electron chi connectivity index (χ3n) is 7.19. The van der Waals surface area contributed by atoms with Gasteiger partial charge in [-0.1, -0.05) is 11.8 Å². The molecular formula is C32H39NO19S. The Morgan fingerprint density at radius 2 is 1.00 bits per heavy atom. The molecule has 2 saturated heterocycles. The van der Waals surface area contributed by atoms with Gasteiger partial charge in [-0.15, -0.1) is 0 Å². The van der Waals surface area contributed by atoms with Crippen LogP contribution in [0, 0.1) is 10.1 Å². The number of thioether (sulfide) groups is 1. The summed E-state index contributed by atoms with van der Waals surface area (Å²) in [7, 11) is 0. The number of carbonyl (C=O) groups excluding carboxylic acids is 7. The molecule has 2 aliphatic heterocycles. The Hall–Kier alpha value is -4.86. The summed E-state index contributed by atoms with van der Waals surface area (Å²) >= 11 is 0.919. The molecule has 0 amide bonds. The molecular weight excluding hydrogens is 734 g/mol. The molecule has 20 nitrogen and oxygen atoms in total. The number of carbonyl (C=O) groups is 7. The van der Waals surface area contributed by atoms with E-state index in [1.165, 1.54) is 24.3 Å². The highest BCUT2D eigenvalue weighted by Gasteiger charge is 2.57. The van der Waals surface area contributed by atoms with Crippen LogP contribution >= 0.6 is 11.8 Å². The van der Waals surface area contributed by atoms with E-state index in [0.29, 0.717) is 4.90 Å². The van der Waals surface area contributed by atoms with Gasteiger partial charge in [-0.2, -0.15) is 0 Å².